The number of benzene rings is 1. The van der Waals surface area contributed by atoms with Crippen molar-refractivity contribution in [2.75, 3.05) is 0 Å². The molecule has 0 fully saturated rings. The molecule has 0 amide bonds. The van der Waals surface area contributed by atoms with E-state index in [1.54, 1.807) is 18.5 Å². The fourth-order valence-electron chi connectivity index (χ4n) is 3.78. The van der Waals surface area contributed by atoms with Crippen LogP contribution >= 0.6 is 0 Å². The molecule has 0 aliphatic carbocycles. The molecule has 0 aliphatic heterocycles. The molecule has 5 heteroatoms. The van der Waals surface area contributed by atoms with Crippen LogP contribution in [0.15, 0.2) is 79.6 Å². The molecule has 152 valence electrons. The van der Waals surface area contributed by atoms with E-state index in [1.165, 1.54) is 6.07 Å². The van der Waals surface area contributed by atoms with Crippen molar-refractivity contribution >= 4 is 0 Å². The fourth-order valence-corrected chi connectivity index (χ4v) is 3.78. The van der Waals surface area contributed by atoms with Gasteiger partial charge in [-0.1, -0.05) is 32.0 Å². The van der Waals surface area contributed by atoms with E-state index < -0.39 is 0 Å². The minimum atomic E-state index is -0.246. The van der Waals surface area contributed by atoms with E-state index >= 15 is 0 Å². The van der Waals surface area contributed by atoms with Crippen LogP contribution in [0, 0.1) is 11.7 Å². The van der Waals surface area contributed by atoms with Gasteiger partial charge in [-0.15, -0.1) is 0 Å². The van der Waals surface area contributed by atoms with E-state index in [1.807, 2.05) is 47.7 Å². The number of rotatable bonds is 7. The van der Waals surface area contributed by atoms with Gasteiger partial charge in [0.1, 0.15) is 5.82 Å². The van der Waals surface area contributed by atoms with Gasteiger partial charge < -0.3 is 0 Å². The van der Waals surface area contributed by atoms with Crippen LogP contribution in [0.3, 0.4) is 0 Å². The lowest BCUT2D eigenvalue weighted by atomic mass is 9.85. The Morgan fingerprint density at radius 2 is 1.63 bits per heavy atom. The molecule has 4 rings (SSSR count). The Morgan fingerprint density at radius 1 is 0.933 bits per heavy atom. The van der Waals surface area contributed by atoms with Crippen LogP contribution in [-0.4, -0.2) is 19.7 Å². The smallest absolute Gasteiger partial charge is 0.123 e. The first-order valence-corrected chi connectivity index (χ1v) is 10.2. The molecular formula is C25H25FN4. The average molecular weight is 401 g/mol. The molecule has 0 saturated heterocycles. The number of halogens is 1. The first kappa shape index (κ1) is 20.0. The summed E-state index contributed by atoms with van der Waals surface area (Å²) in [6, 6.07) is 13.1. The van der Waals surface area contributed by atoms with E-state index in [0.29, 0.717) is 12.3 Å². The molecule has 4 aromatic rings. The molecule has 30 heavy (non-hydrogen) atoms. The Bertz CT molecular complexity index is 1050. The van der Waals surface area contributed by atoms with Crippen molar-refractivity contribution < 1.29 is 4.39 Å². The summed E-state index contributed by atoms with van der Waals surface area (Å²) in [6.45, 7) is 5.14. The van der Waals surface area contributed by atoms with Crippen LogP contribution in [0.5, 0.6) is 0 Å². The third-order valence-corrected chi connectivity index (χ3v) is 5.17. The molecular weight excluding hydrogens is 375 g/mol. The van der Waals surface area contributed by atoms with E-state index in [9.17, 15) is 4.39 Å². The molecule has 0 aliphatic rings. The molecule has 3 heterocycles. The van der Waals surface area contributed by atoms with E-state index in [-0.39, 0.29) is 11.7 Å². The van der Waals surface area contributed by atoms with E-state index in [4.69, 9.17) is 0 Å². The quantitative estimate of drug-likeness (QED) is 0.411. The SMILES string of the molecule is CC(C)Cn1cc(-c2cc(F)ccc2CC(c2cccnc2)c2cccnc2)cn1. The third-order valence-electron chi connectivity index (χ3n) is 5.17. The van der Waals surface area contributed by atoms with Crippen LogP contribution in [0.4, 0.5) is 4.39 Å². The van der Waals surface area contributed by atoms with Gasteiger partial charge in [0.2, 0.25) is 0 Å². The molecule has 0 N–H and O–H groups in total. The predicted octanol–water partition coefficient (Wildman–Crippen LogP) is 5.51. The zero-order valence-corrected chi connectivity index (χ0v) is 17.2. The monoisotopic (exact) mass is 400 g/mol. The molecule has 0 atom stereocenters. The highest BCUT2D eigenvalue weighted by Gasteiger charge is 2.19. The van der Waals surface area contributed by atoms with Crippen molar-refractivity contribution in [3.05, 3.63) is 102 Å². The van der Waals surface area contributed by atoms with Crippen molar-refractivity contribution in [3.63, 3.8) is 0 Å². The van der Waals surface area contributed by atoms with Gasteiger partial charge in [-0.2, -0.15) is 5.10 Å². The van der Waals surface area contributed by atoms with Crippen molar-refractivity contribution in [2.24, 2.45) is 5.92 Å². The summed E-state index contributed by atoms with van der Waals surface area (Å²) in [5, 5.41) is 4.47. The van der Waals surface area contributed by atoms with Crippen molar-refractivity contribution in [1.29, 1.82) is 0 Å². The van der Waals surface area contributed by atoms with Gasteiger partial charge in [0.05, 0.1) is 6.20 Å². The Kier molecular flexibility index (Phi) is 5.98. The maximum absolute atomic E-state index is 14.2. The highest BCUT2D eigenvalue weighted by molar-refractivity contribution is 5.66. The van der Waals surface area contributed by atoms with Gasteiger partial charge in [-0.25, -0.2) is 4.39 Å². The molecule has 1 aromatic carbocycles. The predicted molar refractivity (Wildman–Crippen MR) is 116 cm³/mol. The summed E-state index contributed by atoms with van der Waals surface area (Å²) in [5.74, 6) is 0.317. The van der Waals surface area contributed by atoms with Crippen molar-refractivity contribution in [2.45, 2.75) is 32.7 Å². The van der Waals surface area contributed by atoms with Gasteiger partial charge >= 0.3 is 0 Å². The molecule has 3 aromatic heterocycles. The van der Waals surface area contributed by atoms with Crippen LogP contribution < -0.4 is 0 Å². The van der Waals surface area contributed by atoms with Crippen LogP contribution in [0.1, 0.15) is 36.5 Å². The summed E-state index contributed by atoms with van der Waals surface area (Å²) < 4.78 is 16.1. The lowest BCUT2D eigenvalue weighted by Crippen LogP contribution is -2.07. The zero-order chi connectivity index (χ0) is 20.9. The molecule has 0 unspecified atom stereocenters. The maximum Gasteiger partial charge on any atom is 0.123 e. The molecule has 0 radical (unpaired) electrons. The summed E-state index contributed by atoms with van der Waals surface area (Å²) >= 11 is 0. The van der Waals surface area contributed by atoms with Crippen molar-refractivity contribution in [3.8, 4) is 11.1 Å². The van der Waals surface area contributed by atoms with Gasteiger partial charge in [-0.05, 0) is 58.9 Å². The standard InChI is InChI=1S/C25H25FN4/c1-18(2)16-30-17-22(15-29-30)25-12-23(26)8-7-19(25)11-24(20-5-3-9-27-13-20)21-6-4-10-28-14-21/h3-10,12-15,17-18,24H,11,16H2,1-2H3. The minimum Gasteiger partial charge on any atom is -0.272 e. The Morgan fingerprint density at radius 3 is 2.23 bits per heavy atom. The number of pyridine rings is 2. The lowest BCUT2D eigenvalue weighted by Gasteiger charge is -2.19. The van der Waals surface area contributed by atoms with Crippen molar-refractivity contribution in [1.82, 2.24) is 19.7 Å². The number of aromatic nitrogens is 4. The number of hydrogen-bond donors (Lipinski definition) is 0. The second-order valence-electron chi connectivity index (χ2n) is 7.98. The van der Waals surface area contributed by atoms with Gasteiger partial charge in [0, 0.05) is 49.0 Å². The highest BCUT2D eigenvalue weighted by atomic mass is 19.1. The maximum atomic E-state index is 14.2. The summed E-state index contributed by atoms with van der Waals surface area (Å²) in [4.78, 5) is 8.61. The van der Waals surface area contributed by atoms with Gasteiger partial charge in [0.25, 0.3) is 0 Å². The third kappa shape index (κ3) is 4.62. The molecule has 4 nitrogen and oxygen atoms in total. The largest absolute Gasteiger partial charge is 0.272 e. The number of nitrogens with zero attached hydrogens (tertiary/aromatic N) is 4. The first-order valence-electron chi connectivity index (χ1n) is 10.2. The first-order chi connectivity index (χ1) is 14.6. The van der Waals surface area contributed by atoms with E-state index in [2.05, 4.69) is 41.0 Å². The molecule has 0 bridgehead atoms. The summed E-state index contributed by atoms with van der Waals surface area (Å²) in [6.07, 6.45) is 11.9. The Hall–Kier alpha value is -3.34. The van der Waals surface area contributed by atoms with Gasteiger partial charge in [0.15, 0.2) is 0 Å². The minimum absolute atomic E-state index is 0.0716. The second kappa shape index (κ2) is 8.99. The second-order valence-corrected chi connectivity index (χ2v) is 7.98. The van der Waals surface area contributed by atoms with Crippen LogP contribution in [0.25, 0.3) is 11.1 Å². The summed E-state index contributed by atoms with van der Waals surface area (Å²) in [7, 11) is 0. The topological polar surface area (TPSA) is 43.6 Å². The zero-order valence-electron chi connectivity index (χ0n) is 17.2. The average Bonchev–Trinajstić information content (AvgIpc) is 3.21. The lowest BCUT2D eigenvalue weighted by molar-refractivity contribution is 0.483. The Balaban J connectivity index is 1.73. The highest BCUT2D eigenvalue weighted by Crippen LogP contribution is 2.33. The Labute approximate surface area is 176 Å². The van der Waals surface area contributed by atoms with Crippen LogP contribution in [0.2, 0.25) is 0 Å². The van der Waals surface area contributed by atoms with Gasteiger partial charge in [-0.3, -0.25) is 14.6 Å². The van der Waals surface area contributed by atoms with E-state index in [0.717, 1.165) is 34.4 Å². The molecule has 0 spiro atoms. The van der Waals surface area contributed by atoms with Crippen LogP contribution in [-0.2, 0) is 13.0 Å². The normalized spacial score (nSPS) is 11.4. The fraction of sp³-hybridized carbons (Fsp3) is 0.240. The molecule has 0 saturated carbocycles. The number of hydrogen-bond acceptors (Lipinski definition) is 3. The summed E-state index contributed by atoms with van der Waals surface area (Å²) in [5.41, 5.74) is 5.09.